The third kappa shape index (κ3) is 3.88. The number of methoxy groups -OCH3 is 1. The lowest BCUT2D eigenvalue weighted by Gasteiger charge is -2.17. The van der Waals surface area contributed by atoms with Gasteiger partial charge in [-0.1, -0.05) is 6.92 Å². The molecule has 0 fully saturated rings. The number of nitrogen functional groups attached to an aromatic ring is 1. The van der Waals surface area contributed by atoms with Crippen LogP contribution in [0.15, 0.2) is 21.5 Å². The molecular formula is C13H17BrN2O3S. The Morgan fingerprint density at radius 3 is 2.70 bits per heavy atom. The zero-order valence-corrected chi connectivity index (χ0v) is 13.7. The molecule has 1 atom stereocenters. The summed E-state index contributed by atoms with van der Waals surface area (Å²) in [5, 5.41) is 0. The standard InChI is InChI=1S/C13H17BrN2O3S/c1-4-6-9(5-2)16-20(17,18)13-8-11(15)10(14)7-12(13)19-3/h1,7-9,16H,5-6,15H2,2-3H3. The Balaban J connectivity index is 3.22. The molecule has 0 aliphatic carbocycles. The van der Waals surface area contributed by atoms with Crippen molar-refractivity contribution in [2.45, 2.75) is 30.7 Å². The monoisotopic (exact) mass is 360 g/mol. The van der Waals surface area contributed by atoms with Gasteiger partial charge in [-0.15, -0.1) is 12.3 Å². The third-order valence-corrected chi connectivity index (χ3v) is 4.98. The van der Waals surface area contributed by atoms with Crippen LogP contribution in [0.2, 0.25) is 0 Å². The first kappa shape index (κ1) is 16.8. The van der Waals surface area contributed by atoms with Crippen molar-refractivity contribution < 1.29 is 13.2 Å². The van der Waals surface area contributed by atoms with E-state index >= 15 is 0 Å². The van der Waals surface area contributed by atoms with Crippen LogP contribution in [-0.4, -0.2) is 21.6 Å². The van der Waals surface area contributed by atoms with Gasteiger partial charge in [0.25, 0.3) is 0 Å². The highest BCUT2D eigenvalue weighted by atomic mass is 79.9. The third-order valence-electron chi connectivity index (χ3n) is 2.75. The first-order valence-electron chi connectivity index (χ1n) is 5.94. The second-order valence-electron chi connectivity index (χ2n) is 4.16. The molecule has 0 aromatic heterocycles. The first-order valence-corrected chi connectivity index (χ1v) is 8.22. The lowest BCUT2D eigenvalue weighted by atomic mass is 10.2. The van der Waals surface area contributed by atoms with Gasteiger partial charge in [0.2, 0.25) is 10.0 Å². The fourth-order valence-electron chi connectivity index (χ4n) is 1.61. The molecule has 0 spiro atoms. The molecule has 0 bridgehead atoms. The van der Waals surface area contributed by atoms with Crippen LogP contribution in [0.25, 0.3) is 0 Å². The van der Waals surface area contributed by atoms with Crippen LogP contribution in [-0.2, 0) is 10.0 Å². The molecule has 0 aliphatic rings. The smallest absolute Gasteiger partial charge is 0.244 e. The van der Waals surface area contributed by atoms with E-state index in [-0.39, 0.29) is 16.7 Å². The molecule has 1 rings (SSSR count). The summed E-state index contributed by atoms with van der Waals surface area (Å²) in [5.74, 6) is 2.67. The minimum Gasteiger partial charge on any atom is -0.495 e. The van der Waals surface area contributed by atoms with Crippen LogP contribution in [0.1, 0.15) is 19.8 Å². The van der Waals surface area contributed by atoms with E-state index in [2.05, 4.69) is 26.6 Å². The van der Waals surface area contributed by atoms with E-state index in [1.165, 1.54) is 19.2 Å². The summed E-state index contributed by atoms with van der Waals surface area (Å²) in [5.41, 5.74) is 6.05. The average molecular weight is 361 g/mol. The molecule has 5 nitrogen and oxygen atoms in total. The lowest BCUT2D eigenvalue weighted by molar-refractivity contribution is 0.401. The topological polar surface area (TPSA) is 81.4 Å². The Bertz CT molecular complexity index is 623. The second-order valence-corrected chi connectivity index (χ2v) is 6.70. The number of benzene rings is 1. The fourth-order valence-corrected chi connectivity index (χ4v) is 3.44. The van der Waals surface area contributed by atoms with E-state index in [1.807, 2.05) is 6.92 Å². The van der Waals surface area contributed by atoms with E-state index in [9.17, 15) is 8.42 Å². The van der Waals surface area contributed by atoms with E-state index in [1.54, 1.807) is 0 Å². The van der Waals surface area contributed by atoms with Gasteiger partial charge in [-0.3, -0.25) is 0 Å². The highest BCUT2D eigenvalue weighted by Crippen LogP contribution is 2.32. The van der Waals surface area contributed by atoms with Gasteiger partial charge >= 0.3 is 0 Å². The van der Waals surface area contributed by atoms with Crippen molar-refractivity contribution in [2.24, 2.45) is 0 Å². The zero-order chi connectivity index (χ0) is 15.3. The number of nitrogens with two attached hydrogens (primary N) is 1. The summed E-state index contributed by atoms with van der Waals surface area (Å²) in [7, 11) is -2.35. The summed E-state index contributed by atoms with van der Waals surface area (Å²) in [6, 6.07) is 2.56. The van der Waals surface area contributed by atoms with Crippen LogP contribution < -0.4 is 15.2 Å². The molecule has 7 heteroatoms. The highest BCUT2D eigenvalue weighted by Gasteiger charge is 2.23. The van der Waals surface area contributed by atoms with Gasteiger partial charge in [-0.05, 0) is 34.5 Å². The Morgan fingerprint density at radius 2 is 2.20 bits per heavy atom. The molecule has 1 aromatic carbocycles. The van der Waals surface area contributed by atoms with Crippen molar-refractivity contribution in [3.05, 3.63) is 16.6 Å². The number of nitrogens with one attached hydrogen (secondary N) is 1. The van der Waals surface area contributed by atoms with Gasteiger partial charge in [0, 0.05) is 22.6 Å². The number of hydrogen-bond donors (Lipinski definition) is 2. The Labute approximate surface area is 128 Å². The van der Waals surface area contributed by atoms with E-state index < -0.39 is 10.0 Å². The van der Waals surface area contributed by atoms with Gasteiger partial charge in [0.15, 0.2) is 0 Å². The van der Waals surface area contributed by atoms with Gasteiger partial charge in [0.1, 0.15) is 10.6 Å². The van der Waals surface area contributed by atoms with Crippen molar-refractivity contribution in [1.29, 1.82) is 0 Å². The minimum atomic E-state index is -3.75. The van der Waals surface area contributed by atoms with Crippen molar-refractivity contribution in [2.75, 3.05) is 12.8 Å². The summed E-state index contributed by atoms with van der Waals surface area (Å²) >= 11 is 3.23. The molecular weight excluding hydrogens is 344 g/mol. The van der Waals surface area contributed by atoms with E-state index in [0.29, 0.717) is 23.0 Å². The Hall–Kier alpha value is -1.23. The number of rotatable bonds is 6. The van der Waals surface area contributed by atoms with Gasteiger partial charge < -0.3 is 10.5 Å². The van der Waals surface area contributed by atoms with Crippen LogP contribution in [0.5, 0.6) is 5.75 Å². The first-order chi connectivity index (χ1) is 9.35. The van der Waals surface area contributed by atoms with Gasteiger partial charge in [-0.2, -0.15) is 0 Å². The van der Waals surface area contributed by atoms with Crippen LogP contribution in [0, 0.1) is 12.3 Å². The Morgan fingerprint density at radius 1 is 1.55 bits per heavy atom. The van der Waals surface area contributed by atoms with Gasteiger partial charge in [-0.25, -0.2) is 13.1 Å². The fraction of sp³-hybridized carbons (Fsp3) is 0.385. The Kier molecular flexibility index (Phi) is 5.87. The normalized spacial score (nSPS) is 12.7. The number of terminal acetylenes is 1. The highest BCUT2D eigenvalue weighted by molar-refractivity contribution is 9.10. The average Bonchev–Trinajstić information content (AvgIpc) is 2.40. The molecule has 110 valence electrons. The summed E-state index contributed by atoms with van der Waals surface area (Å²) < 4.78 is 33.0. The molecule has 1 aromatic rings. The summed E-state index contributed by atoms with van der Waals surface area (Å²) in [6.45, 7) is 1.86. The van der Waals surface area contributed by atoms with Crippen LogP contribution in [0.4, 0.5) is 5.69 Å². The zero-order valence-electron chi connectivity index (χ0n) is 11.3. The molecule has 0 heterocycles. The lowest BCUT2D eigenvalue weighted by Crippen LogP contribution is -2.34. The SMILES string of the molecule is C#CCC(CC)NS(=O)(=O)c1cc(N)c(Br)cc1OC. The maximum absolute atomic E-state index is 12.4. The number of halogens is 1. The largest absolute Gasteiger partial charge is 0.495 e. The van der Waals surface area contributed by atoms with Crippen molar-refractivity contribution in [3.8, 4) is 18.1 Å². The van der Waals surface area contributed by atoms with Crippen LogP contribution in [0.3, 0.4) is 0 Å². The number of sulfonamides is 1. The molecule has 20 heavy (non-hydrogen) atoms. The van der Waals surface area contributed by atoms with Gasteiger partial charge in [0.05, 0.1) is 7.11 Å². The molecule has 0 saturated carbocycles. The molecule has 0 aliphatic heterocycles. The number of hydrogen-bond acceptors (Lipinski definition) is 4. The molecule has 3 N–H and O–H groups in total. The molecule has 1 unspecified atom stereocenters. The number of ether oxygens (including phenoxy) is 1. The second kappa shape index (κ2) is 6.97. The predicted molar refractivity (Wildman–Crippen MR) is 83.0 cm³/mol. The van der Waals surface area contributed by atoms with E-state index in [0.717, 1.165) is 0 Å². The quantitative estimate of drug-likeness (QED) is 0.601. The molecule has 0 amide bonds. The molecule has 0 radical (unpaired) electrons. The van der Waals surface area contributed by atoms with Crippen molar-refractivity contribution in [1.82, 2.24) is 4.72 Å². The van der Waals surface area contributed by atoms with Crippen molar-refractivity contribution in [3.63, 3.8) is 0 Å². The van der Waals surface area contributed by atoms with Crippen LogP contribution >= 0.6 is 15.9 Å². The predicted octanol–water partition coefficient (Wildman–Crippen LogP) is 2.12. The maximum Gasteiger partial charge on any atom is 0.244 e. The summed E-state index contributed by atoms with van der Waals surface area (Å²) in [4.78, 5) is -0.00354. The maximum atomic E-state index is 12.4. The summed E-state index contributed by atoms with van der Waals surface area (Å²) in [6.07, 6.45) is 6.15. The van der Waals surface area contributed by atoms with E-state index in [4.69, 9.17) is 16.9 Å². The minimum absolute atomic E-state index is 0.00354. The number of anilines is 1. The molecule has 0 saturated heterocycles. The van der Waals surface area contributed by atoms with Crippen molar-refractivity contribution >= 4 is 31.6 Å².